The summed E-state index contributed by atoms with van der Waals surface area (Å²) in [4.78, 5) is 0. The highest BCUT2D eigenvalue weighted by atomic mass is 14.3. The van der Waals surface area contributed by atoms with Gasteiger partial charge < -0.3 is 0 Å². The van der Waals surface area contributed by atoms with Crippen molar-refractivity contribution < 1.29 is 0 Å². The number of hydrogen-bond acceptors (Lipinski definition) is 2. The van der Waals surface area contributed by atoms with Gasteiger partial charge in [-0.2, -0.15) is 10.5 Å². The molecule has 1 aliphatic rings. The van der Waals surface area contributed by atoms with E-state index in [9.17, 15) is 0 Å². The van der Waals surface area contributed by atoms with E-state index in [-0.39, 0.29) is 0 Å². The molecule has 0 atom stereocenters. The van der Waals surface area contributed by atoms with Crippen molar-refractivity contribution in [2.45, 2.75) is 38.5 Å². The van der Waals surface area contributed by atoms with Gasteiger partial charge in [0.15, 0.2) is 0 Å². The van der Waals surface area contributed by atoms with E-state index in [1.54, 1.807) is 0 Å². The van der Waals surface area contributed by atoms with Crippen LogP contribution >= 0.6 is 0 Å². The van der Waals surface area contributed by atoms with Crippen molar-refractivity contribution in [3.05, 3.63) is 0 Å². The second-order valence-corrected chi connectivity index (χ2v) is 3.61. The van der Waals surface area contributed by atoms with E-state index in [1.807, 2.05) is 0 Å². The zero-order chi connectivity index (χ0) is 8.81. The minimum atomic E-state index is 0.616. The highest BCUT2D eigenvalue weighted by Crippen LogP contribution is 2.31. The highest BCUT2D eigenvalue weighted by Gasteiger charge is 2.20. The molecule has 0 aromatic heterocycles. The van der Waals surface area contributed by atoms with Crippen molar-refractivity contribution in [3.8, 4) is 12.1 Å². The average molecular weight is 162 g/mol. The van der Waals surface area contributed by atoms with Crippen LogP contribution in [0.4, 0.5) is 0 Å². The molecule has 0 aromatic rings. The van der Waals surface area contributed by atoms with Gasteiger partial charge in [-0.25, -0.2) is 0 Å². The summed E-state index contributed by atoms with van der Waals surface area (Å²) < 4.78 is 0. The fraction of sp³-hybridized carbons (Fsp3) is 0.800. The smallest absolute Gasteiger partial charge is 0.0624 e. The molecule has 0 N–H and O–H groups in total. The van der Waals surface area contributed by atoms with E-state index in [1.165, 1.54) is 0 Å². The molecule has 0 spiro atoms. The van der Waals surface area contributed by atoms with Crippen LogP contribution in [0.2, 0.25) is 0 Å². The average Bonchev–Trinajstić information content (AvgIpc) is 2.09. The molecular formula is C10H14N2. The first-order valence-electron chi connectivity index (χ1n) is 4.60. The van der Waals surface area contributed by atoms with E-state index in [2.05, 4.69) is 12.1 Å². The zero-order valence-electron chi connectivity index (χ0n) is 7.29. The van der Waals surface area contributed by atoms with Crippen LogP contribution in [-0.4, -0.2) is 0 Å². The molecular weight excluding hydrogens is 148 g/mol. The van der Waals surface area contributed by atoms with Crippen molar-refractivity contribution in [1.82, 2.24) is 0 Å². The SMILES string of the molecule is N#CC[C@H]1CC[C@@H](CC#N)CC1. The van der Waals surface area contributed by atoms with Crippen molar-refractivity contribution in [2.75, 3.05) is 0 Å². The molecule has 1 aliphatic carbocycles. The van der Waals surface area contributed by atoms with Gasteiger partial charge in [0.05, 0.1) is 12.1 Å². The second-order valence-electron chi connectivity index (χ2n) is 3.61. The molecule has 1 saturated carbocycles. The summed E-state index contributed by atoms with van der Waals surface area (Å²) in [5.74, 6) is 1.23. The quantitative estimate of drug-likeness (QED) is 0.626. The lowest BCUT2D eigenvalue weighted by molar-refractivity contribution is 0.281. The maximum Gasteiger partial charge on any atom is 0.0624 e. The molecule has 0 amide bonds. The summed E-state index contributed by atoms with van der Waals surface area (Å²) in [6.07, 6.45) is 6.03. The lowest BCUT2D eigenvalue weighted by Crippen LogP contribution is -2.13. The van der Waals surface area contributed by atoms with Crippen LogP contribution in [0.15, 0.2) is 0 Å². The topological polar surface area (TPSA) is 47.6 Å². The first-order valence-corrected chi connectivity index (χ1v) is 4.60. The lowest BCUT2D eigenvalue weighted by atomic mass is 9.80. The fourth-order valence-electron chi connectivity index (χ4n) is 1.90. The Bertz CT molecular complexity index is 177. The standard InChI is InChI=1S/C10H14N2/c11-7-5-9-1-2-10(4-3-9)6-8-12/h9-10H,1-6H2/t9-,10+. The minimum Gasteiger partial charge on any atom is -0.198 e. The Morgan fingerprint density at radius 2 is 1.17 bits per heavy atom. The zero-order valence-corrected chi connectivity index (χ0v) is 7.29. The summed E-state index contributed by atoms with van der Waals surface area (Å²) in [5.41, 5.74) is 0. The van der Waals surface area contributed by atoms with E-state index in [0.717, 1.165) is 25.7 Å². The molecule has 12 heavy (non-hydrogen) atoms. The molecule has 64 valence electrons. The largest absolute Gasteiger partial charge is 0.198 e. The summed E-state index contributed by atoms with van der Waals surface area (Å²) in [7, 11) is 0. The van der Waals surface area contributed by atoms with Gasteiger partial charge in [0.1, 0.15) is 0 Å². The Hall–Kier alpha value is -1.02. The third-order valence-corrected chi connectivity index (χ3v) is 2.73. The van der Waals surface area contributed by atoms with Gasteiger partial charge in [-0.05, 0) is 37.5 Å². The minimum absolute atomic E-state index is 0.616. The van der Waals surface area contributed by atoms with Crippen molar-refractivity contribution >= 4 is 0 Å². The van der Waals surface area contributed by atoms with E-state index < -0.39 is 0 Å². The van der Waals surface area contributed by atoms with Gasteiger partial charge in [-0.3, -0.25) is 0 Å². The van der Waals surface area contributed by atoms with E-state index in [4.69, 9.17) is 10.5 Å². The summed E-state index contributed by atoms with van der Waals surface area (Å²) in [6.45, 7) is 0. The van der Waals surface area contributed by atoms with Crippen LogP contribution in [0.5, 0.6) is 0 Å². The predicted molar refractivity (Wildman–Crippen MR) is 45.9 cm³/mol. The number of nitriles is 2. The molecule has 0 radical (unpaired) electrons. The Morgan fingerprint density at radius 3 is 1.42 bits per heavy atom. The molecule has 0 aromatic carbocycles. The predicted octanol–water partition coefficient (Wildman–Crippen LogP) is 2.62. The molecule has 1 rings (SSSR count). The number of hydrogen-bond donors (Lipinski definition) is 0. The van der Waals surface area contributed by atoms with Crippen molar-refractivity contribution in [1.29, 1.82) is 10.5 Å². The van der Waals surface area contributed by atoms with Gasteiger partial charge >= 0.3 is 0 Å². The Labute approximate surface area is 73.8 Å². The third-order valence-electron chi connectivity index (χ3n) is 2.73. The Balaban J connectivity index is 2.22. The first kappa shape index (κ1) is 9.07. The fourth-order valence-corrected chi connectivity index (χ4v) is 1.90. The molecule has 0 heterocycles. The molecule has 2 heteroatoms. The molecule has 0 aliphatic heterocycles. The molecule has 1 fully saturated rings. The maximum atomic E-state index is 8.49. The normalized spacial score (nSPS) is 28.8. The van der Waals surface area contributed by atoms with Crippen LogP contribution in [0.25, 0.3) is 0 Å². The van der Waals surface area contributed by atoms with Gasteiger partial charge in [-0.1, -0.05) is 0 Å². The van der Waals surface area contributed by atoms with Crippen LogP contribution in [0.3, 0.4) is 0 Å². The van der Waals surface area contributed by atoms with Gasteiger partial charge in [0, 0.05) is 12.8 Å². The summed E-state index contributed by atoms with van der Waals surface area (Å²) in [5, 5.41) is 17.0. The molecule has 0 saturated heterocycles. The van der Waals surface area contributed by atoms with Gasteiger partial charge in [0.25, 0.3) is 0 Å². The summed E-state index contributed by atoms with van der Waals surface area (Å²) >= 11 is 0. The summed E-state index contributed by atoms with van der Waals surface area (Å²) in [6, 6.07) is 4.44. The molecule has 2 nitrogen and oxygen atoms in total. The number of rotatable bonds is 2. The van der Waals surface area contributed by atoms with Crippen LogP contribution in [-0.2, 0) is 0 Å². The Kier molecular flexibility index (Phi) is 3.61. The number of nitrogens with zero attached hydrogens (tertiary/aromatic N) is 2. The van der Waals surface area contributed by atoms with Gasteiger partial charge in [-0.15, -0.1) is 0 Å². The molecule has 0 bridgehead atoms. The highest BCUT2D eigenvalue weighted by molar-refractivity contribution is 4.84. The van der Waals surface area contributed by atoms with Gasteiger partial charge in [0.2, 0.25) is 0 Å². The van der Waals surface area contributed by atoms with Crippen LogP contribution in [0.1, 0.15) is 38.5 Å². The van der Waals surface area contributed by atoms with E-state index >= 15 is 0 Å². The maximum absolute atomic E-state index is 8.49. The Morgan fingerprint density at radius 1 is 0.833 bits per heavy atom. The second kappa shape index (κ2) is 4.78. The first-order chi connectivity index (χ1) is 5.86. The monoisotopic (exact) mass is 162 g/mol. The van der Waals surface area contributed by atoms with Crippen molar-refractivity contribution in [2.24, 2.45) is 11.8 Å². The van der Waals surface area contributed by atoms with Crippen LogP contribution in [0, 0.1) is 34.5 Å². The van der Waals surface area contributed by atoms with Crippen LogP contribution < -0.4 is 0 Å². The van der Waals surface area contributed by atoms with Crippen molar-refractivity contribution in [3.63, 3.8) is 0 Å². The molecule has 0 unspecified atom stereocenters. The third kappa shape index (κ3) is 2.55. The lowest BCUT2D eigenvalue weighted by Gasteiger charge is -2.25. The van der Waals surface area contributed by atoms with E-state index in [0.29, 0.717) is 24.7 Å².